The lowest BCUT2D eigenvalue weighted by molar-refractivity contribution is -0.153. The van der Waals surface area contributed by atoms with Crippen molar-refractivity contribution in [2.24, 2.45) is 28.6 Å². The van der Waals surface area contributed by atoms with Crippen LogP contribution in [0.2, 0.25) is 0 Å². The van der Waals surface area contributed by atoms with Crippen LogP contribution >= 0.6 is 0 Å². The smallest absolute Gasteiger partial charge is 0.305 e. The van der Waals surface area contributed by atoms with E-state index >= 15 is 0 Å². The van der Waals surface area contributed by atoms with Gasteiger partial charge in [0.25, 0.3) is 0 Å². The molecular formula is C23H38O4. The molecule has 0 aromatic carbocycles. The van der Waals surface area contributed by atoms with Gasteiger partial charge in [0, 0.05) is 13.3 Å². The molecule has 0 amide bonds. The third-order valence-electron chi connectivity index (χ3n) is 7.38. The van der Waals surface area contributed by atoms with Crippen LogP contribution in [0.25, 0.3) is 0 Å². The van der Waals surface area contributed by atoms with E-state index in [1.54, 1.807) is 0 Å². The fraction of sp³-hybridized carbons (Fsp3) is 0.826. The van der Waals surface area contributed by atoms with Crippen molar-refractivity contribution < 1.29 is 19.1 Å². The second-order valence-corrected chi connectivity index (χ2v) is 9.82. The van der Waals surface area contributed by atoms with Gasteiger partial charge in [-0.2, -0.15) is 0 Å². The van der Waals surface area contributed by atoms with Gasteiger partial charge in [-0.25, -0.2) is 0 Å². The van der Waals surface area contributed by atoms with Crippen LogP contribution in [0.3, 0.4) is 0 Å². The Morgan fingerprint density at radius 2 is 1.93 bits per heavy atom. The summed E-state index contributed by atoms with van der Waals surface area (Å²) in [7, 11) is 1.44. The third-order valence-corrected chi connectivity index (χ3v) is 7.38. The van der Waals surface area contributed by atoms with Crippen molar-refractivity contribution in [3.05, 3.63) is 12.2 Å². The monoisotopic (exact) mass is 378 g/mol. The minimum atomic E-state index is -0.226. The summed E-state index contributed by atoms with van der Waals surface area (Å²) in [5, 5.41) is 0. The van der Waals surface area contributed by atoms with Gasteiger partial charge in [0.15, 0.2) is 0 Å². The zero-order valence-electron chi connectivity index (χ0n) is 18.1. The lowest BCUT2D eigenvalue weighted by atomic mass is 9.46. The van der Waals surface area contributed by atoms with Gasteiger partial charge in [0.1, 0.15) is 6.10 Å². The van der Waals surface area contributed by atoms with Crippen LogP contribution < -0.4 is 0 Å². The van der Waals surface area contributed by atoms with E-state index < -0.39 is 0 Å². The van der Waals surface area contributed by atoms with Crippen LogP contribution in [0.15, 0.2) is 12.2 Å². The van der Waals surface area contributed by atoms with E-state index in [1.165, 1.54) is 33.3 Å². The highest BCUT2D eigenvalue weighted by atomic mass is 16.5. The quantitative estimate of drug-likeness (QED) is 0.464. The molecule has 0 aliphatic heterocycles. The average molecular weight is 379 g/mol. The van der Waals surface area contributed by atoms with Crippen molar-refractivity contribution in [2.45, 2.75) is 85.7 Å². The molecule has 2 fully saturated rings. The van der Waals surface area contributed by atoms with E-state index in [9.17, 15) is 9.59 Å². The minimum Gasteiger partial charge on any atom is -0.469 e. The van der Waals surface area contributed by atoms with E-state index in [0.29, 0.717) is 18.3 Å². The van der Waals surface area contributed by atoms with E-state index in [2.05, 4.69) is 34.3 Å². The highest BCUT2D eigenvalue weighted by Crippen LogP contribution is 2.62. The molecule has 0 heterocycles. The number of rotatable bonds is 6. The van der Waals surface area contributed by atoms with Gasteiger partial charge in [-0.1, -0.05) is 40.7 Å². The maximum absolute atomic E-state index is 11.7. The van der Waals surface area contributed by atoms with Gasteiger partial charge >= 0.3 is 11.9 Å². The van der Waals surface area contributed by atoms with Crippen molar-refractivity contribution in [3.63, 3.8) is 0 Å². The Kier molecular flexibility index (Phi) is 6.81. The van der Waals surface area contributed by atoms with Crippen LogP contribution in [0, 0.1) is 28.6 Å². The number of hydrogen-bond donors (Lipinski definition) is 0. The van der Waals surface area contributed by atoms with Gasteiger partial charge < -0.3 is 9.47 Å². The van der Waals surface area contributed by atoms with Gasteiger partial charge in [0.05, 0.1) is 7.11 Å². The number of esters is 2. The molecule has 2 aliphatic carbocycles. The maximum atomic E-state index is 11.7. The first kappa shape index (κ1) is 22.0. The summed E-state index contributed by atoms with van der Waals surface area (Å²) in [4.78, 5) is 23.3. The molecule has 4 nitrogen and oxygen atoms in total. The van der Waals surface area contributed by atoms with Crippen LogP contribution in [0.5, 0.6) is 0 Å². The average Bonchev–Trinajstić information content (AvgIpc) is 2.55. The Bertz CT molecular complexity index is 579. The molecule has 0 bridgehead atoms. The molecule has 0 aromatic heterocycles. The number of methoxy groups -OCH3 is 1. The van der Waals surface area contributed by atoms with E-state index in [1.807, 2.05) is 0 Å². The Morgan fingerprint density at radius 1 is 1.26 bits per heavy atom. The summed E-state index contributed by atoms with van der Waals surface area (Å²) in [5.74, 6) is 0.731. The highest BCUT2D eigenvalue weighted by molar-refractivity contribution is 5.69. The Morgan fingerprint density at radius 3 is 2.52 bits per heavy atom. The van der Waals surface area contributed by atoms with Crippen molar-refractivity contribution in [3.8, 4) is 0 Å². The molecule has 4 heteroatoms. The molecule has 2 aliphatic rings. The molecule has 0 spiro atoms. The molecule has 0 N–H and O–H groups in total. The molecule has 0 radical (unpaired) electrons. The molecule has 0 saturated heterocycles. The molecule has 27 heavy (non-hydrogen) atoms. The lowest BCUT2D eigenvalue weighted by Crippen LogP contribution is -2.53. The lowest BCUT2D eigenvalue weighted by Gasteiger charge is -2.59. The number of hydrogen-bond acceptors (Lipinski definition) is 4. The molecule has 0 aromatic rings. The summed E-state index contributed by atoms with van der Waals surface area (Å²) in [5.41, 5.74) is 1.49. The SMILES string of the molecule is C=C1[C@H](OC(C)=O)C[C@H]2C(C)(C)CCC[C@]2(C)[C@H]1CC[C@H](C)CC(=O)OC. The Hall–Kier alpha value is -1.32. The Balaban J connectivity index is 2.22. The van der Waals surface area contributed by atoms with Crippen LogP contribution in [0.1, 0.15) is 79.6 Å². The normalized spacial score (nSPS) is 33.7. The van der Waals surface area contributed by atoms with Crippen LogP contribution in [-0.2, 0) is 19.1 Å². The van der Waals surface area contributed by atoms with E-state index in [0.717, 1.165) is 24.8 Å². The molecular weight excluding hydrogens is 340 g/mol. The number of carbonyl (C=O) groups is 2. The summed E-state index contributed by atoms with van der Waals surface area (Å²) in [6.45, 7) is 15.1. The number of carbonyl (C=O) groups excluding carboxylic acids is 2. The molecule has 0 unspecified atom stereocenters. The highest BCUT2D eigenvalue weighted by Gasteiger charge is 2.55. The summed E-state index contributed by atoms with van der Waals surface area (Å²) in [6.07, 6.45) is 6.75. The first-order valence-electron chi connectivity index (χ1n) is 10.4. The van der Waals surface area contributed by atoms with Gasteiger partial charge in [0.2, 0.25) is 0 Å². The standard InChI is InChI=1S/C23H38O4/c1-15(13-21(25)26-7)9-10-18-16(2)19(27-17(3)24)14-20-22(4,5)11-8-12-23(18,20)6/h15,18-20H,2,8-14H2,1,3-7H3/t15-,18-,19+,20-,23+/m0/s1. The Labute approximate surface area is 165 Å². The van der Waals surface area contributed by atoms with Gasteiger partial charge in [-0.3, -0.25) is 9.59 Å². The topological polar surface area (TPSA) is 52.6 Å². The van der Waals surface area contributed by atoms with E-state index in [4.69, 9.17) is 9.47 Å². The van der Waals surface area contributed by atoms with Crippen molar-refractivity contribution in [1.29, 1.82) is 0 Å². The molecule has 2 saturated carbocycles. The summed E-state index contributed by atoms with van der Waals surface area (Å²) in [6, 6.07) is 0. The predicted octanol–water partition coefficient (Wildman–Crippen LogP) is 5.31. The first-order valence-corrected chi connectivity index (χ1v) is 10.4. The number of ether oxygens (including phenoxy) is 2. The largest absolute Gasteiger partial charge is 0.469 e. The van der Waals surface area contributed by atoms with Gasteiger partial charge in [-0.05, 0) is 66.3 Å². The zero-order chi connectivity index (χ0) is 20.4. The predicted molar refractivity (Wildman–Crippen MR) is 107 cm³/mol. The fourth-order valence-corrected chi connectivity index (χ4v) is 5.95. The van der Waals surface area contributed by atoms with Gasteiger partial charge in [-0.15, -0.1) is 0 Å². The second-order valence-electron chi connectivity index (χ2n) is 9.82. The van der Waals surface area contributed by atoms with Crippen molar-refractivity contribution in [1.82, 2.24) is 0 Å². The van der Waals surface area contributed by atoms with Crippen molar-refractivity contribution >= 4 is 11.9 Å². The zero-order valence-corrected chi connectivity index (χ0v) is 18.1. The fourth-order valence-electron chi connectivity index (χ4n) is 5.95. The van der Waals surface area contributed by atoms with Crippen molar-refractivity contribution in [2.75, 3.05) is 7.11 Å². The molecule has 5 atom stereocenters. The maximum Gasteiger partial charge on any atom is 0.305 e. The van der Waals surface area contributed by atoms with Crippen LogP contribution in [-0.4, -0.2) is 25.2 Å². The first-order chi connectivity index (χ1) is 12.5. The third kappa shape index (κ3) is 4.75. The molecule has 154 valence electrons. The summed E-state index contributed by atoms with van der Waals surface area (Å²) < 4.78 is 10.5. The summed E-state index contributed by atoms with van der Waals surface area (Å²) >= 11 is 0. The molecule has 2 rings (SSSR count). The second kappa shape index (κ2) is 8.36. The van der Waals surface area contributed by atoms with E-state index in [-0.39, 0.29) is 34.8 Å². The minimum absolute atomic E-state index is 0.148. The number of fused-ring (bicyclic) bond motifs is 1. The van der Waals surface area contributed by atoms with Crippen LogP contribution in [0.4, 0.5) is 0 Å².